The van der Waals surface area contributed by atoms with Gasteiger partial charge in [-0.05, 0) is 30.0 Å². The zero-order valence-corrected chi connectivity index (χ0v) is 16.2. The van der Waals surface area contributed by atoms with Crippen molar-refractivity contribution in [1.29, 1.82) is 0 Å². The van der Waals surface area contributed by atoms with Crippen molar-refractivity contribution in [3.8, 4) is 0 Å². The van der Waals surface area contributed by atoms with Crippen LogP contribution in [0, 0.1) is 0 Å². The molecule has 3 heterocycles. The third-order valence-corrected chi connectivity index (χ3v) is 6.54. The van der Waals surface area contributed by atoms with Crippen molar-refractivity contribution in [2.75, 3.05) is 18.8 Å². The van der Waals surface area contributed by atoms with E-state index in [1.807, 2.05) is 12.3 Å². The van der Waals surface area contributed by atoms with Gasteiger partial charge in [-0.2, -0.15) is 0 Å². The summed E-state index contributed by atoms with van der Waals surface area (Å²) in [4.78, 5) is 19.3. The first kappa shape index (κ1) is 18.5. The first-order valence-corrected chi connectivity index (χ1v) is 10.7. The molecule has 2 aliphatic heterocycles. The predicted molar refractivity (Wildman–Crippen MR) is 109 cm³/mol. The van der Waals surface area contributed by atoms with Crippen molar-refractivity contribution < 1.29 is 4.79 Å². The SMILES string of the molecule is O=C(NC1CCN(Cc2ccccc2)CC1)[C@@H]1CSC(c2cccnc2)N1. The summed E-state index contributed by atoms with van der Waals surface area (Å²) in [7, 11) is 0. The van der Waals surface area contributed by atoms with Crippen LogP contribution in [-0.2, 0) is 11.3 Å². The molecule has 2 atom stereocenters. The molecule has 1 unspecified atom stereocenters. The van der Waals surface area contributed by atoms with Gasteiger partial charge < -0.3 is 5.32 Å². The van der Waals surface area contributed by atoms with Gasteiger partial charge in [0.2, 0.25) is 5.91 Å². The van der Waals surface area contributed by atoms with E-state index in [4.69, 9.17) is 0 Å². The van der Waals surface area contributed by atoms with Crippen molar-refractivity contribution in [2.45, 2.75) is 36.8 Å². The van der Waals surface area contributed by atoms with Gasteiger partial charge in [0, 0.05) is 43.8 Å². The van der Waals surface area contributed by atoms with E-state index >= 15 is 0 Å². The van der Waals surface area contributed by atoms with Crippen LogP contribution in [0.5, 0.6) is 0 Å². The summed E-state index contributed by atoms with van der Waals surface area (Å²) in [5, 5.41) is 6.85. The molecule has 27 heavy (non-hydrogen) atoms. The van der Waals surface area contributed by atoms with E-state index in [2.05, 4.69) is 56.9 Å². The fraction of sp³-hybridized carbons (Fsp3) is 0.429. The van der Waals surface area contributed by atoms with Crippen molar-refractivity contribution in [3.63, 3.8) is 0 Å². The average Bonchev–Trinajstić information content (AvgIpc) is 3.21. The number of amides is 1. The smallest absolute Gasteiger partial charge is 0.238 e. The maximum absolute atomic E-state index is 12.6. The Morgan fingerprint density at radius 2 is 2.00 bits per heavy atom. The zero-order valence-electron chi connectivity index (χ0n) is 15.4. The van der Waals surface area contributed by atoms with Gasteiger partial charge >= 0.3 is 0 Å². The Kier molecular flexibility index (Phi) is 6.07. The second kappa shape index (κ2) is 8.87. The Bertz CT molecular complexity index is 734. The number of hydrogen-bond donors (Lipinski definition) is 2. The van der Waals surface area contributed by atoms with Crippen LogP contribution in [0.4, 0.5) is 0 Å². The molecular weight excluding hydrogens is 356 g/mol. The summed E-state index contributed by atoms with van der Waals surface area (Å²) in [6.45, 7) is 3.06. The lowest BCUT2D eigenvalue weighted by Crippen LogP contribution is -2.50. The molecule has 2 aromatic rings. The van der Waals surface area contributed by atoms with Crippen molar-refractivity contribution in [2.24, 2.45) is 0 Å². The van der Waals surface area contributed by atoms with E-state index in [0.29, 0.717) is 0 Å². The molecule has 5 nitrogen and oxygen atoms in total. The summed E-state index contributed by atoms with van der Waals surface area (Å²) < 4.78 is 0. The molecule has 0 bridgehead atoms. The lowest BCUT2D eigenvalue weighted by atomic mass is 10.0. The number of nitrogens with zero attached hydrogens (tertiary/aromatic N) is 2. The molecule has 0 spiro atoms. The highest BCUT2D eigenvalue weighted by Gasteiger charge is 2.32. The minimum atomic E-state index is -0.123. The molecule has 2 aliphatic rings. The lowest BCUT2D eigenvalue weighted by Gasteiger charge is -2.32. The molecule has 2 saturated heterocycles. The second-order valence-electron chi connectivity index (χ2n) is 7.26. The Labute approximate surface area is 164 Å². The third-order valence-electron chi connectivity index (χ3n) is 5.27. The minimum Gasteiger partial charge on any atom is -0.352 e. The molecule has 2 fully saturated rings. The van der Waals surface area contributed by atoms with E-state index in [9.17, 15) is 4.79 Å². The number of nitrogens with one attached hydrogen (secondary N) is 2. The molecule has 0 aliphatic carbocycles. The predicted octanol–water partition coefficient (Wildman–Crippen LogP) is 2.57. The fourth-order valence-electron chi connectivity index (χ4n) is 3.73. The first-order valence-electron chi connectivity index (χ1n) is 9.62. The number of hydrogen-bond acceptors (Lipinski definition) is 5. The largest absolute Gasteiger partial charge is 0.352 e. The first-order chi connectivity index (χ1) is 13.3. The van der Waals surface area contributed by atoms with Crippen LogP contribution >= 0.6 is 11.8 Å². The van der Waals surface area contributed by atoms with Crippen LogP contribution in [0.2, 0.25) is 0 Å². The number of carbonyl (C=O) groups is 1. The van der Waals surface area contributed by atoms with Gasteiger partial charge in [-0.25, -0.2) is 0 Å². The van der Waals surface area contributed by atoms with Crippen LogP contribution < -0.4 is 10.6 Å². The average molecular weight is 383 g/mol. The highest BCUT2D eigenvalue weighted by molar-refractivity contribution is 7.99. The topological polar surface area (TPSA) is 57.3 Å². The molecule has 0 radical (unpaired) electrons. The maximum atomic E-state index is 12.6. The highest BCUT2D eigenvalue weighted by atomic mass is 32.2. The number of likely N-dealkylation sites (tertiary alicyclic amines) is 1. The van der Waals surface area contributed by atoms with Gasteiger partial charge in [0.05, 0.1) is 11.4 Å². The Morgan fingerprint density at radius 1 is 1.19 bits per heavy atom. The molecule has 2 N–H and O–H groups in total. The van der Waals surface area contributed by atoms with Crippen molar-refractivity contribution >= 4 is 17.7 Å². The maximum Gasteiger partial charge on any atom is 0.238 e. The third kappa shape index (κ3) is 4.89. The summed E-state index contributed by atoms with van der Waals surface area (Å²) in [5.74, 6) is 0.938. The highest BCUT2D eigenvalue weighted by Crippen LogP contribution is 2.32. The summed E-state index contributed by atoms with van der Waals surface area (Å²) >= 11 is 1.78. The quantitative estimate of drug-likeness (QED) is 0.832. The zero-order chi connectivity index (χ0) is 18.5. The Morgan fingerprint density at radius 3 is 2.74 bits per heavy atom. The summed E-state index contributed by atoms with van der Waals surface area (Å²) in [6, 6.07) is 14.7. The molecule has 0 saturated carbocycles. The van der Waals surface area contributed by atoms with E-state index < -0.39 is 0 Å². The number of rotatable bonds is 5. The van der Waals surface area contributed by atoms with Crippen molar-refractivity contribution in [3.05, 3.63) is 66.0 Å². The fourth-order valence-corrected chi connectivity index (χ4v) is 4.95. The number of thioether (sulfide) groups is 1. The minimum absolute atomic E-state index is 0.123. The van der Waals surface area contributed by atoms with Crippen LogP contribution in [-0.4, -0.2) is 46.7 Å². The molecule has 6 heteroatoms. The van der Waals surface area contributed by atoms with Crippen LogP contribution in [0.3, 0.4) is 0 Å². The van der Waals surface area contributed by atoms with Gasteiger partial charge in [0.25, 0.3) is 0 Å². The summed E-state index contributed by atoms with van der Waals surface area (Å²) in [6.07, 6.45) is 5.68. The van der Waals surface area contributed by atoms with Crippen LogP contribution in [0.1, 0.15) is 29.3 Å². The molecule has 1 aromatic carbocycles. The Balaban J connectivity index is 1.22. The van der Waals surface area contributed by atoms with E-state index in [1.165, 1.54) is 5.56 Å². The van der Waals surface area contributed by atoms with Gasteiger partial charge in [-0.3, -0.25) is 20.0 Å². The van der Waals surface area contributed by atoms with E-state index in [-0.39, 0.29) is 23.4 Å². The van der Waals surface area contributed by atoms with E-state index in [0.717, 1.165) is 43.8 Å². The van der Waals surface area contributed by atoms with Crippen molar-refractivity contribution in [1.82, 2.24) is 20.5 Å². The standard InChI is InChI=1S/C21H26N4OS/c26-20(19-15-27-21(24-19)17-7-4-10-22-13-17)23-18-8-11-25(12-9-18)14-16-5-2-1-3-6-16/h1-7,10,13,18-19,21,24H,8-9,11-12,14-15H2,(H,23,26)/t19-,21?/m0/s1. The van der Waals surface area contributed by atoms with Gasteiger partial charge in [-0.15, -0.1) is 11.8 Å². The van der Waals surface area contributed by atoms with E-state index in [1.54, 1.807) is 18.0 Å². The lowest BCUT2D eigenvalue weighted by molar-refractivity contribution is -0.123. The molecule has 4 rings (SSSR count). The molecule has 1 aromatic heterocycles. The molecule has 1 amide bonds. The van der Waals surface area contributed by atoms with Gasteiger partial charge in [-0.1, -0.05) is 36.4 Å². The molecular formula is C21H26N4OS. The number of pyridine rings is 1. The van der Waals surface area contributed by atoms with Crippen LogP contribution in [0.25, 0.3) is 0 Å². The van der Waals surface area contributed by atoms with Crippen LogP contribution in [0.15, 0.2) is 54.9 Å². The van der Waals surface area contributed by atoms with Gasteiger partial charge in [0.15, 0.2) is 0 Å². The molecule has 142 valence electrons. The monoisotopic (exact) mass is 382 g/mol. The van der Waals surface area contributed by atoms with Gasteiger partial charge in [0.1, 0.15) is 0 Å². The number of benzene rings is 1. The number of carbonyl (C=O) groups excluding carboxylic acids is 1. The normalized spacial score (nSPS) is 24.0. The number of piperidine rings is 1. The summed E-state index contributed by atoms with van der Waals surface area (Å²) in [5.41, 5.74) is 2.49. The number of aromatic nitrogens is 1. The second-order valence-corrected chi connectivity index (χ2v) is 8.40. The Hall–Kier alpha value is -1.89.